The average Bonchev–Trinajstić information content (AvgIpc) is 2.95. The van der Waals surface area contributed by atoms with E-state index in [4.69, 9.17) is 11.6 Å². The van der Waals surface area contributed by atoms with Crippen LogP contribution in [0.25, 0.3) is 10.9 Å². The number of carbonyl (C=O) groups is 1. The minimum absolute atomic E-state index is 0.0418. The molecule has 0 unspecified atom stereocenters. The van der Waals surface area contributed by atoms with Gasteiger partial charge in [-0.15, -0.1) is 0 Å². The van der Waals surface area contributed by atoms with E-state index in [1.165, 1.54) is 0 Å². The van der Waals surface area contributed by atoms with Gasteiger partial charge in [0.15, 0.2) is 0 Å². The highest BCUT2D eigenvalue weighted by atomic mass is 35.5. The molecule has 6 heteroatoms. The van der Waals surface area contributed by atoms with E-state index in [1.807, 2.05) is 26.0 Å². The summed E-state index contributed by atoms with van der Waals surface area (Å²) in [6.45, 7) is 4.58. The van der Waals surface area contributed by atoms with Crippen LogP contribution in [0, 0.1) is 6.92 Å². The van der Waals surface area contributed by atoms with Crippen LogP contribution >= 0.6 is 11.6 Å². The molecular weight excluding hydrogens is 326 g/mol. The van der Waals surface area contributed by atoms with Crippen molar-refractivity contribution in [2.24, 2.45) is 0 Å². The van der Waals surface area contributed by atoms with Crippen LogP contribution in [-0.4, -0.2) is 15.0 Å². The molecule has 5 nitrogen and oxygen atoms in total. The highest BCUT2D eigenvalue weighted by molar-refractivity contribution is 6.31. The minimum Gasteiger partial charge on any atom is -0.338 e. The van der Waals surface area contributed by atoms with Gasteiger partial charge in [0.05, 0.1) is 10.9 Å². The molecule has 0 aliphatic heterocycles. The number of hydrogen-bond acceptors (Lipinski definition) is 2. The van der Waals surface area contributed by atoms with Crippen molar-refractivity contribution in [3.05, 3.63) is 63.7 Å². The molecule has 0 saturated carbocycles. The van der Waals surface area contributed by atoms with Crippen molar-refractivity contribution in [3.63, 3.8) is 0 Å². The number of fused-ring (bicyclic) bond motifs is 1. The summed E-state index contributed by atoms with van der Waals surface area (Å²) >= 11 is 5.97. The molecular formula is C18H18ClN3O2. The number of halogens is 1. The van der Waals surface area contributed by atoms with Crippen molar-refractivity contribution in [1.82, 2.24) is 9.13 Å². The van der Waals surface area contributed by atoms with Crippen LogP contribution in [0.2, 0.25) is 5.02 Å². The Bertz CT molecular complexity index is 972. The molecule has 0 bridgehead atoms. The highest BCUT2D eigenvalue weighted by Crippen LogP contribution is 2.20. The maximum absolute atomic E-state index is 12.3. The summed E-state index contributed by atoms with van der Waals surface area (Å²) in [7, 11) is 0. The van der Waals surface area contributed by atoms with Gasteiger partial charge in [-0.3, -0.25) is 9.59 Å². The number of nitrogens with zero attached hydrogens (tertiary/aromatic N) is 2. The Morgan fingerprint density at radius 3 is 2.67 bits per heavy atom. The summed E-state index contributed by atoms with van der Waals surface area (Å²) in [5.41, 5.74) is 2.34. The molecule has 2 aromatic heterocycles. The second-order valence-corrected chi connectivity index (χ2v) is 6.09. The van der Waals surface area contributed by atoms with Crippen molar-refractivity contribution in [3.8, 4) is 0 Å². The number of pyridine rings is 1. The third-order valence-electron chi connectivity index (χ3n) is 4.04. The first-order valence-electron chi connectivity index (χ1n) is 7.74. The number of nitrogens with one attached hydrogen (secondary N) is 1. The molecule has 3 rings (SSSR count). The minimum atomic E-state index is -0.169. The first kappa shape index (κ1) is 16.3. The average molecular weight is 344 g/mol. The number of amides is 1. The van der Waals surface area contributed by atoms with Crippen LogP contribution < -0.4 is 10.9 Å². The molecule has 1 aromatic carbocycles. The van der Waals surface area contributed by atoms with Crippen LogP contribution in [-0.2, 0) is 17.9 Å². The Labute approximate surface area is 144 Å². The Hall–Kier alpha value is -2.53. The van der Waals surface area contributed by atoms with E-state index >= 15 is 0 Å². The number of hydrogen-bond donors (Lipinski definition) is 1. The molecule has 0 fully saturated rings. The second-order valence-electron chi connectivity index (χ2n) is 5.66. The largest absolute Gasteiger partial charge is 0.338 e. The Morgan fingerprint density at radius 1 is 1.17 bits per heavy atom. The van der Waals surface area contributed by atoms with Crippen LogP contribution in [0.5, 0.6) is 0 Å². The van der Waals surface area contributed by atoms with Crippen molar-refractivity contribution < 1.29 is 4.79 Å². The zero-order chi connectivity index (χ0) is 17.3. The summed E-state index contributed by atoms with van der Waals surface area (Å²) < 4.78 is 3.41. The summed E-state index contributed by atoms with van der Waals surface area (Å²) in [4.78, 5) is 24.6. The van der Waals surface area contributed by atoms with E-state index in [1.54, 1.807) is 39.7 Å². The first-order valence-corrected chi connectivity index (χ1v) is 8.11. The van der Waals surface area contributed by atoms with E-state index in [2.05, 4.69) is 5.32 Å². The van der Waals surface area contributed by atoms with E-state index in [0.717, 1.165) is 11.1 Å². The topological polar surface area (TPSA) is 56.0 Å². The number of anilines is 1. The normalized spacial score (nSPS) is 11.0. The van der Waals surface area contributed by atoms with Gasteiger partial charge < -0.3 is 14.5 Å². The smallest absolute Gasteiger partial charge is 0.259 e. The maximum Gasteiger partial charge on any atom is 0.259 e. The predicted octanol–water partition coefficient (Wildman–Crippen LogP) is 3.42. The Kier molecular flexibility index (Phi) is 4.44. The molecule has 1 N–H and O–H groups in total. The van der Waals surface area contributed by atoms with Crippen molar-refractivity contribution in [1.29, 1.82) is 0 Å². The van der Waals surface area contributed by atoms with Gasteiger partial charge in [0.25, 0.3) is 5.56 Å². The van der Waals surface area contributed by atoms with Crippen LogP contribution in [0.1, 0.15) is 12.5 Å². The van der Waals surface area contributed by atoms with E-state index in [9.17, 15) is 9.59 Å². The summed E-state index contributed by atoms with van der Waals surface area (Å²) in [5.74, 6) is -0.169. The van der Waals surface area contributed by atoms with Gasteiger partial charge in [-0.2, -0.15) is 0 Å². The van der Waals surface area contributed by atoms with Gasteiger partial charge in [0, 0.05) is 29.6 Å². The van der Waals surface area contributed by atoms with Gasteiger partial charge in [0.2, 0.25) is 5.91 Å². The van der Waals surface area contributed by atoms with Crippen molar-refractivity contribution in [2.75, 3.05) is 5.32 Å². The van der Waals surface area contributed by atoms with Crippen molar-refractivity contribution >= 4 is 34.1 Å². The second kappa shape index (κ2) is 6.53. The summed E-state index contributed by atoms with van der Waals surface area (Å²) in [5, 5.41) is 4.05. The first-order chi connectivity index (χ1) is 11.5. The molecule has 0 atom stereocenters. The van der Waals surface area contributed by atoms with Gasteiger partial charge >= 0.3 is 0 Å². The molecule has 3 aromatic rings. The summed E-state index contributed by atoms with van der Waals surface area (Å²) in [6, 6.07) is 8.98. The molecule has 124 valence electrons. The van der Waals surface area contributed by atoms with Crippen LogP contribution in [0.3, 0.4) is 0 Å². The third kappa shape index (κ3) is 3.08. The third-order valence-corrected chi connectivity index (χ3v) is 4.27. The fourth-order valence-electron chi connectivity index (χ4n) is 2.69. The van der Waals surface area contributed by atoms with E-state index in [0.29, 0.717) is 22.6 Å². The number of carbonyl (C=O) groups excluding carboxylic acids is 1. The molecule has 0 spiro atoms. The van der Waals surface area contributed by atoms with E-state index < -0.39 is 0 Å². The zero-order valence-electron chi connectivity index (χ0n) is 13.5. The maximum atomic E-state index is 12.3. The van der Waals surface area contributed by atoms with Gasteiger partial charge in [-0.05, 0) is 43.7 Å². The highest BCUT2D eigenvalue weighted by Gasteiger charge is 2.11. The number of aromatic nitrogens is 2. The molecule has 1 amide bonds. The van der Waals surface area contributed by atoms with Crippen LogP contribution in [0.4, 0.5) is 5.69 Å². The lowest BCUT2D eigenvalue weighted by atomic mass is 10.2. The van der Waals surface area contributed by atoms with Crippen molar-refractivity contribution in [2.45, 2.75) is 26.9 Å². The van der Waals surface area contributed by atoms with Gasteiger partial charge in [-0.1, -0.05) is 17.7 Å². The number of benzene rings is 1. The van der Waals surface area contributed by atoms with Gasteiger partial charge in [0.1, 0.15) is 6.54 Å². The van der Waals surface area contributed by atoms with Gasteiger partial charge in [-0.25, -0.2) is 0 Å². The monoisotopic (exact) mass is 343 g/mol. The number of aryl methyl sites for hydroxylation is 2. The SMILES string of the molecule is CCn1ccc2c(ccn2CC(=O)Nc2cc(Cl)ccc2C)c1=O. The number of rotatable bonds is 4. The lowest BCUT2D eigenvalue weighted by Crippen LogP contribution is -2.20. The quantitative estimate of drug-likeness (QED) is 0.789. The fourth-order valence-corrected chi connectivity index (χ4v) is 2.87. The van der Waals surface area contributed by atoms with E-state index in [-0.39, 0.29) is 18.0 Å². The lowest BCUT2D eigenvalue weighted by molar-refractivity contribution is -0.116. The molecule has 0 radical (unpaired) electrons. The molecule has 0 saturated heterocycles. The summed E-state index contributed by atoms with van der Waals surface area (Å²) in [6.07, 6.45) is 3.51. The lowest BCUT2D eigenvalue weighted by Gasteiger charge is -2.10. The molecule has 0 aliphatic carbocycles. The Morgan fingerprint density at radius 2 is 1.92 bits per heavy atom. The fraction of sp³-hybridized carbons (Fsp3) is 0.222. The predicted molar refractivity (Wildman–Crippen MR) is 96.7 cm³/mol. The Balaban J connectivity index is 1.85. The zero-order valence-corrected chi connectivity index (χ0v) is 14.3. The van der Waals surface area contributed by atoms with Crippen LogP contribution in [0.15, 0.2) is 47.5 Å². The molecule has 2 heterocycles. The molecule has 24 heavy (non-hydrogen) atoms. The standard InChI is InChI=1S/C18H18ClN3O2/c1-3-21-9-7-16-14(18(21)24)6-8-22(16)11-17(23)20-15-10-13(19)5-4-12(15)2/h4-10H,3,11H2,1-2H3,(H,20,23). The molecule has 0 aliphatic rings.